The van der Waals surface area contributed by atoms with Crippen LogP contribution in [-0.2, 0) is 14.4 Å². The number of carbonyl (C=O) groups is 1. The molecule has 0 aromatic rings. The molecule has 4 heteroatoms. The van der Waals surface area contributed by atoms with Crippen LogP contribution in [0.3, 0.4) is 0 Å². The summed E-state index contributed by atoms with van der Waals surface area (Å²) in [5.74, 6) is -0.289. The molecule has 0 aromatic carbocycles. The number of rotatable bonds is 7. The molecule has 1 N–H and O–H groups in total. The second-order valence-electron chi connectivity index (χ2n) is 3.83. The average Bonchev–Trinajstić information content (AvgIpc) is 2.17. The SMILES string of the molecule is C=C(C)C(CCC(C)=CCOC(C)=O)OO. The fraction of sp³-hybridized carbons (Fsp3) is 0.583. The van der Waals surface area contributed by atoms with Crippen molar-refractivity contribution in [1.82, 2.24) is 0 Å². The minimum absolute atomic E-state index is 0.289. The first-order chi connectivity index (χ1) is 7.47. The van der Waals surface area contributed by atoms with Gasteiger partial charge < -0.3 is 4.74 Å². The zero-order valence-corrected chi connectivity index (χ0v) is 10.2. The van der Waals surface area contributed by atoms with E-state index in [2.05, 4.69) is 11.5 Å². The van der Waals surface area contributed by atoms with Crippen LogP contribution >= 0.6 is 0 Å². The maximum Gasteiger partial charge on any atom is 0.302 e. The van der Waals surface area contributed by atoms with E-state index in [1.165, 1.54) is 6.92 Å². The van der Waals surface area contributed by atoms with Gasteiger partial charge in [0.2, 0.25) is 0 Å². The molecule has 0 heterocycles. The molecule has 0 bridgehead atoms. The summed E-state index contributed by atoms with van der Waals surface area (Å²) >= 11 is 0. The fourth-order valence-electron chi connectivity index (χ4n) is 1.15. The molecule has 0 saturated heterocycles. The molecule has 0 spiro atoms. The van der Waals surface area contributed by atoms with Crippen LogP contribution in [0.25, 0.3) is 0 Å². The topological polar surface area (TPSA) is 55.8 Å². The summed E-state index contributed by atoms with van der Waals surface area (Å²) < 4.78 is 4.78. The first-order valence-corrected chi connectivity index (χ1v) is 5.22. The van der Waals surface area contributed by atoms with E-state index in [9.17, 15) is 4.79 Å². The van der Waals surface area contributed by atoms with Gasteiger partial charge in [-0.15, -0.1) is 0 Å². The number of carbonyl (C=O) groups excluding carboxylic acids is 1. The normalized spacial score (nSPS) is 13.4. The third kappa shape index (κ3) is 7.20. The molecule has 0 aliphatic heterocycles. The first kappa shape index (κ1) is 14.9. The van der Waals surface area contributed by atoms with Gasteiger partial charge in [0, 0.05) is 6.92 Å². The Morgan fingerprint density at radius 3 is 2.50 bits per heavy atom. The molecule has 4 nitrogen and oxygen atoms in total. The summed E-state index contributed by atoms with van der Waals surface area (Å²) in [6.07, 6.45) is 2.93. The lowest BCUT2D eigenvalue weighted by molar-refractivity contribution is -0.269. The Labute approximate surface area is 96.5 Å². The van der Waals surface area contributed by atoms with Crippen molar-refractivity contribution in [2.45, 2.75) is 39.7 Å². The van der Waals surface area contributed by atoms with Crippen LogP contribution in [0.1, 0.15) is 33.6 Å². The number of ether oxygens (including phenoxy) is 1. The van der Waals surface area contributed by atoms with Gasteiger partial charge in [-0.2, -0.15) is 0 Å². The van der Waals surface area contributed by atoms with Crippen molar-refractivity contribution < 1.29 is 19.7 Å². The molecule has 16 heavy (non-hydrogen) atoms. The maximum absolute atomic E-state index is 10.5. The van der Waals surface area contributed by atoms with Crippen molar-refractivity contribution in [1.29, 1.82) is 0 Å². The highest BCUT2D eigenvalue weighted by Gasteiger charge is 2.09. The minimum atomic E-state index is -0.336. The highest BCUT2D eigenvalue weighted by atomic mass is 17.1. The Kier molecular flexibility index (Phi) is 7.50. The zero-order valence-electron chi connectivity index (χ0n) is 10.2. The predicted molar refractivity (Wildman–Crippen MR) is 61.9 cm³/mol. The van der Waals surface area contributed by atoms with Crippen LogP contribution in [0.5, 0.6) is 0 Å². The lowest BCUT2D eigenvalue weighted by Gasteiger charge is -2.12. The smallest absolute Gasteiger partial charge is 0.302 e. The van der Waals surface area contributed by atoms with Crippen molar-refractivity contribution in [2.75, 3.05) is 6.61 Å². The van der Waals surface area contributed by atoms with Gasteiger partial charge in [0.1, 0.15) is 12.7 Å². The molecular formula is C12H20O4. The van der Waals surface area contributed by atoms with E-state index >= 15 is 0 Å². The van der Waals surface area contributed by atoms with Gasteiger partial charge in [-0.3, -0.25) is 10.1 Å². The van der Waals surface area contributed by atoms with E-state index in [-0.39, 0.29) is 12.1 Å². The third-order valence-corrected chi connectivity index (χ3v) is 2.20. The number of hydrogen-bond donors (Lipinski definition) is 1. The molecule has 1 atom stereocenters. The van der Waals surface area contributed by atoms with Crippen LogP contribution in [0.2, 0.25) is 0 Å². The van der Waals surface area contributed by atoms with Crippen LogP contribution in [0.15, 0.2) is 23.8 Å². The van der Waals surface area contributed by atoms with Crippen molar-refractivity contribution in [2.24, 2.45) is 0 Å². The van der Waals surface area contributed by atoms with Crippen molar-refractivity contribution in [3.63, 3.8) is 0 Å². The Bertz CT molecular complexity index is 268. The minimum Gasteiger partial charge on any atom is -0.462 e. The summed E-state index contributed by atoms with van der Waals surface area (Å²) in [6, 6.07) is 0. The van der Waals surface area contributed by atoms with E-state index in [1.54, 1.807) is 6.92 Å². The molecule has 0 saturated carbocycles. The Hall–Kier alpha value is -1.13. The van der Waals surface area contributed by atoms with Crippen molar-refractivity contribution in [3.8, 4) is 0 Å². The lowest BCUT2D eigenvalue weighted by Crippen LogP contribution is -2.11. The van der Waals surface area contributed by atoms with Crippen molar-refractivity contribution >= 4 is 5.97 Å². The molecule has 0 amide bonds. The quantitative estimate of drug-likeness (QED) is 0.315. The molecule has 0 aromatic heterocycles. The van der Waals surface area contributed by atoms with Crippen molar-refractivity contribution in [3.05, 3.63) is 23.8 Å². The Morgan fingerprint density at radius 1 is 1.44 bits per heavy atom. The third-order valence-electron chi connectivity index (χ3n) is 2.20. The van der Waals surface area contributed by atoms with E-state index in [0.717, 1.165) is 17.6 Å². The summed E-state index contributed by atoms with van der Waals surface area (Å²) in [4.78, 5) is 14.8. The van der Waals surface area contributed by atoms with Gasteiger partial charge in [0.15, 0.2) is 0 Å². The lowest BCUT2D eigenvalue weighted by atomic mass is 10.0. The van der Waals surface area contributed by atoms with E-state index in [4.69, 9.17) is 9.99 Å². The van der Waals surface area contributed by atoms with Crippen LogP contribution < -0.4 is 0 Å². The fourth-order valence-corrected chi connectivity index (χ4v) is 1.15. The molecule has 0 aliphatic rings. The molecule has 0 radical (unpaired) electrons. The largest absolute Gasteiger partial charge is 0.462 e. The molecule has 0 fully saturated rings. The van der Waals surface area contributed by atoms with Gasteiger partial charge in [0.05, 0.1) is 0 Å². The van der Waals surface area contributed by atoms with Gasteiger partial charge in [-0.25, -0.2) is 4.89 Å². The Morgan fingerprint density at radius 2 is 2.06 bits per heavy atom. The van der Waals surface area contributed by atoms with E-state index in [1.807, 2.05) is 13.0 Å². The highest BCUT2D eigenvalue weighted by molar-refractivity contribution is 5.66. The summed E-state index contributed by atoms with van der Waals surface area (Å²) in [5, 5.41) is 8.61. The average molecular weight is 228 g/mol. The molecule has 92 valence electrons. The molecule has 0 aliphatic carbocycles. The molecule has 0 rings (SSSR count). The van der Waals surface area contributed by atoms with Crippen LogP contribution in [-0.4, -0.2) is 23.9 Å². The number of hydrogen-bond acceptors (Lipinski definition) is 4. The number of esters is 1. The first-order valence-electron chi connectivity index (χ1n) is 5.22. The predicted octanol–water partition coefficient (Wildman–Crippen LogP) is 2.71. The van der Waals surface area contributed by atoms with E-state index < -0.39 is 0 Å². The molecular weight excluding hydrogens is 208 g/mol. The molecule has 1 unspecified atom stereocenters. The second kappa shape index (κ2) is 8.07. The van der Waals surface area contributed by atoms with Gasteiger partial charge >= 0.3 is 5.97 Å². The zero-order chi connectivity index (χ0) is 12.6. The highest BCUT2D eigenvalue weighted by Crippen LogP contribution is 2.13. The standard InChI is InChI=1S/C12H20O4/c1-9(2)12(16-14)6-5-10(3)7-8-15-11(4)13/h7,12,14H,1,5-6,8H2,2-4H3. The van der Waals surface area contributed by atoms with Gasteiger partial charge in [-0.1, -0.05) is 12.2 Å². The van der Waals surface area contributed by atoms with E-state index in [0.29, 0.717) is 13.0 Å². The van der Waals surface area contributed by atoms with Gasteiger partial charge in [-0.05, 0) is 38.3 Å². The van der Waals surface area contributed by atoms with Gasteiger partial charge in [0.25, 0.3) is 0 Å². The van der Waals surface area contributed by atoms with Crippen LogP contribution in [0, 0.1) is 0 Å². The van der Waals surface area contributed by atoms with Crippen LogP contribution in [0.4, 0.5) is 0 Å². The Balaban J connectivity index is 3.90. The summed E-state index contributed by atoms with van der Waals surface area (Å²) in [6.45, 7) is 9.13. The maximum atomic E-state index is 10.5. The summed E-state index contributed by atoms with van der Waals surface area (Å²) in [7, 11) is 0. The number of allylic oxidation sites excluding steroid dienone is 1. The summed E-state index contributed by atoms with van der Waals surface area (Å²) in [5.41, 5.74) is 1.87. The second-order valence-corrected chi connectivity index (χ2v) is 3.83. The monoisotopic (exact) mass is 228 g/mol.